The predicted molar refractivity (Wildman–Crippen MR) is 45.4 cm³/mol. The van der Waals surface area contributed by atoms with E-state index in [1.807, 2.05) is 7.05 Å². The van der Waals surface area contributed by atoms with Crippen molar-refractivity contribution in [3.05, 3.63) is 28.6 Å². The first-order valence-electron chi connectivity index (χ1n) is 3.89. The lowest BCUT2D eigenvalue weighted by Crippen LogP contribution is -2.34. The van der Waals surface area contributed by atoms with Crippen molar-refractivity contribution in [2.45, 2.75) is 27.7 Å². The molecule has 1 rings (SSSR count). The van der Waals surface area contributed by atoms with Gasteiger partial charge >= 0.3 is 0 Å². The molecule has 0 amide bonds. The highest BCUT2D eigenvalue weighted by atomic mass is 14.9. The Hall–Kier alpha value is -0.850. The number of aryl methyl sites for hydroxylation is 2. The minimum absolute atomic E-state index is 1.25. The summed E-state index contributed by atoms with van der Waals surface area (Å²) in [7, 11) is 2.04. The molecule has 1 heteroatoms. The molecular formula is C10H15N. The van der Waals surface area contributed by atoms with Crippen LogP contribution in [-0.2, 0) is 7.05 Å². The summed E-state index contributed by atoms with van der Waals surface area (Å²) in [5.74, 6) is 0. The molecule has 1 heterocycles. The minimum atomic E-state index is 1.25. The summed E-state index contributed by atoms with van der Waals surface area (Å²) in [6.45, 7) is 8.53. The maximum absolute atomic E-state index is 3.26. The first-order valence-corrected chi connectivity index (χ1v) is 3.89. The third-order valence-electron chi connectivity index (χ3n) is 2.51. The number of hydrogen-bond acceptors (Lipinski definition) is 0. The molecule has 0 aliphatic rings. The second kappa shape index (κ2) is 2.65. The van der Waals surface area contributed by atoms with E-state index < -0.39 is 0 Å². The molecule has 0 spiro atoms. The van der Waals surface area contributed by atoms with Crippen molar-refractivity contribution in [1.82, 2.24) is 0 Å². The van der Waals surface area contributed by atoms with E-state index in [0.717, 1.165) is 0 Å². The normalized spacial score (nSPS) is 10.3. The van der Waals surface area contributed by atoms with E-state index in [4.69, 9.17) is 0 Å². The first-order chi connectivity index (χ1) is 5.04. The molecule has 0 atom stereocenters. The van der Waals surface area contributed by atoms with Crippen molar-refractivity contribution >= 4 is 0 Å². The topological polar surface area (TPSA) is 3.88 Å². The Morgan fingerprint density at radius 3 is 2.09 bits per heavy atom. The first kappa shape index (κ1) is 8.25. The van der Waals surface area contributed by atoms with Gasteiger partial charge < -0.3 is 4.57 Å². The average molecular weight is 149 g/mol. The molecule has 0 aliphatic carbocycles. The van der Waals surface area contributed by atoms with Gasteiger partial charge in [0.05, 0.1) is 5.69 Å². The summed E-state index contributed by atoms with van der Waals surface area (Å²) >= 11 is 0. The minimum Gasteiger partial charge on any atom is -0.311 e. The van der Waals surface area contributed by atoms with Crippen molar-refractivity contribution in [1.29, 1.82) is 0 Å². The van der Waals surface area contributed by atoms with E-state index in [2.05, 4.69) is 38.5 Å². The third kappa shape index (κ3) is 1.28. The van der Waals surface area contributed by atoms with Crippen LogP contribution in [0.3, 0.4) is 0 Å². The second-order valence-electron chi connectivity index (χ2n) is 3.13. The zero-order chi connectivity index (χ0) is 8.59. The Bertz CT molecular complexity index is 261. The Labute approximate surface area is 68.7 Å². The molecule has 0 fully saturated rings. The number of rotatable bonds is 0. The fourth-order valence-corrected chi connectivity index (χ4v) is 1.22. The van der Waals surface area contributed by atoms with Crippen LogP contribution < -0.4 is 4.57 Å². The van der Waals surface area contributed by atoms with Crippen LogP contribution in [0.4, 0.5) is 0 Å². The summed E-state index contributed by atoms with van der Waals surface area (Å²) in [6, 6.07) is 0. The highest BCUT2D eigenvalue weighted by Gasteiger charge is 2.00. The number of nitrogens with zero attached hydrogens (tertiary/aromatic N) is 1. The van der Waals surface area contributed by atoms with Crippen LogP contribution in [-0.4, -0.2) is 0 Å². The molecule has 0 saturated heterocycles. The Kier molecular flexibility index (Phi) is 1.99. The van der Waals surface area contributed by atoms with Gasteiger partial charge in [-0.15, -0.1) is 5.56 Å². The maximum atomic E-state index is 3.26. The molecule has 11 heavy (non-hydrogen) atoms. The van der Waals surface area contributed by atoms with Crippen molar-refractivity contribution in [3.63, 3.8) is 0 Å². The standard InChI is InChI=1S/C10H15N/c1-7-6-11(5)10(4)9(3)8(7)2/h1-5H3. The molecule has 1 aromatic rings. The fourth-order valence-electron chi connectivity index (χ4n) is 1.22. The monoisotopic (exact) mass is 149 g/mol. The molecule has 0 radical (unpaired) electrons. The van der Waals surface area contributed by atoms with Gasteiger partial charge in [-0.25, -0.2) is 0 Å². The summed E-state index contributed by atoms with van der Waals surface area (Å²) in [5, 5.41) is 0. The highest BCUT2D eigenvalue weighted by molar-refractivity contribution is 5.29. The Morgan fingerprint density at radius 1 is 1.00 bits per heavy atom. The quantitative estimate of drug-likeness (QED) is 0.389. The van der Waals surface area contributed by atoms with E-state index in [-0.39, 0.29) is 0 Å². The average Bonchev–Trinajstić information content (AvgIpc) is 1.97. The molecule has 0 N–H and O–H groups in total. The second-order valence-corrected chi connectivity index (χ2v) is 3.13. The maximum Gasteiger partial charge on any atom is 0.116 e. The van der Waals surface area contributed by atoms with Crippen LogP contribution in [0.2, 0.25) is 0 Å². The summed E-state index contributed by atoms with van der Waals surface area (Å²) in [6.07, 6.45) is 3.26. The molecule has 1 aromatic heterocycles. The van der Waals surface area contributed by atoms with Gasteiger partial charge in [-0.2, -0.15) is 0 Å². The fraction of sp³-hybridized carbons (Fsp3) is 0.500. The van der Waals surface area contributed by atoms with E-state index in [0.29, 0.717) is 0 Å². The molecule has 0 saturated carbocycles. The smallest absolute Gasteiger partial charge is 0.116 e. The van der Waals surface area contributed by atoms with E-state index in [1.165, 1.54) is 22.4 Å². The lowest BCUT2D eigenvalue weighted by atomic mass is 10.1. The van der Waals surface area contributed by atoms with Crippen molar-refractivity contribution in [2.75, 3.05) is 0 Å². The number of aromatic nitrogens is 1. The van der Waals surface area contributed by atoms with Gasteiger partial charge in [0.2, 0.25) is 0 Å². The zero-order valence-corrected chi connectivity index (χ0v) is 7.95. The largest absolute Gasteiger partial charge is 0.311 e. The zero-order valence-electron chi connectivity index (χ0n) is 7.95. The lowest BCUT2D eigenvalue weighted by molar-refractivity contribution is -0.682. The highest BCUT2D eigenvalue weighted by Crippen LogP contribution is 2.10. The van der Waals surface area contributed by atoms with E-state index >= 15 is 0 Å². The van der Waals surface area contributed by atoms with Crippen molar-refractivity contribution < 1.29 is 4.57 Å². The van der Waals surface area contributed by atoms with Gasteiger partial charge in [-0.05, 0) is 6.92 Å². The molecule has 0 aliphatic heterocycles. The molecule has 0 unspecified atom stereocenters. The summed E-state index contributed by atoms with van der Waals surface area (Å²) in [5.41, 5.74) is 5.29. The van der Waals surface area contributed by atoms with Gasteiger partial charge in [-0.1, -0.05) is 31.9 Å². The van der Waals surface area contributed by atoms with Gasteiger partial charge in [-0.3, -0.25) is 0 Å². The predicted octanol–water partition coefficient (Wildman–Crippen LogP) is 1.54. The molecule has 0 aromatic carbocycles. The molecule has 60 valence electrons. The summed E-state index contributed by atoms with van der Waals surface area (Å²) < 4.78 is 2.05. The molecule has 0 bridgehead atoms. The van der Waals surface area contributed by atoms with Crippen LogP contribution in [0.25, 0.3) is 0 Å². The van der Waals surface area contributed by atoms with Crippen LogP contribution in [0.15, 0.2) is 0 Å². The van der Waals surface area contributed by atoms with Gasteiger partial charge in [0, 0.05) is 0 Å². The lowest BCUT2D eigenvalue weighted by Gasteiger charge is -2.13. The van der Waals surface area contributed by atoms with E-state index in [9.17, 15) is 0 Å². The Morgan fingerprint density at radius 2 is 1.55 bits per heavy atom. The van der Waals surface area contributed by atoms with Crippen LogP contribution >= 0.6 is 0 Å². The van der Waals surface area contributed by atoms with Gasteiger partial charge in [0.25, 0.3) is 0 Å². The van der Waals surface area contributed by atoms with Crippen molar-refractivity contribution in [2.24, 2.45) is 7.05 Å². The summed E-state index contributed by atoms with van der Waals surface area (Å²) in [4.78, 5) is 0. The SMILES string of the molecule is Cc1[c-][n+](C)c(C)c(C)c1C. The number of hydrogen-bond donors (Lipinski definition) is 0. The van der Waals surface area contributed by atoms with Crippen molar-refractivity contribution in [3.8, 4) is 0 Å². The van der Waals surface area contributed by atoms with Gasteiger partial charge in [0.15, 0.2) is 0 Å². The van der Waals surface area contributed by atoms with Crippen LogP contribution in [0.5, 0.6) is 0 Å². The molecule has 1 nitrogen and oxygen atoms in total. The third-order valence-corrected chi connectivity index (χ3v) is 2.51. The van der Waals surface area contributed by atoms with E-state index in [1.54, 1.807) is 0 Å². The van der Waals surface area contributed by atoms with Gasteiger partial charge in [0.1, 0.15) is 13.2 Å². The van der Waals surface area contributed by atoms with Crippen LogP contribution in [0.1, 0.15) is 22.4 Å². The van der Waals surface area contributed by atoms with Crippen LogP contribution in [0, 0.1) is 33.9 Å². The molecular weight excluding hydrogens is 134 g/mol. The number of pyridine rings is 1. The Balaban J connectivity index is 3.46.